The maximum Gasteiger partial charge on any atom is 0.472 e. The van der Waals surface area contributed by atoms with Gasteiger partial charge in [-0.3, -0.25) is 32.5 Å². The highest BCUT2D eigenvalue weighted by atomic mass is 31.2. The third-order valence-corrected chi connectivity index (χ3v) is 17.8. The van der Waals surface area contributed by atoms with Gasteiger partial charge in [-0.25, -0.2) is 9.13 Å². The molecule has 0 heterocycles. The number of aliphatic hydroxyl groups is 2. The number of aliphatic hydroxyl groups excluding tert-OH is 2. The molecular weight excluding hydrogens is 1340 g/mol. The maximum absolute atomic E-state index is 12.9. The number of esters is 3. The number of hydrogen-bond acceptors (Lipinski definition) is 14. The molecule has 0 amide bonds. The molecule has 0 aromatic carbocycles. The smallest absolute Gasteiger partial charge is 0.463 e. The van der Waals surface area contributed by atoms with Crippen molar-refractivity contribution >= 4 is 33.6 Å². The van der Waals surface area contributed by atoms with Gasteiger partial charge in [-0.15, -0.1) is 0 Å². The summed E-state index contributed by atoms with van der Waals surface area (Å²) in [5, 5.41) is 20.6. The van der Waals surface area contributed by atoms with Crippen LogP contribution in [0.15, 0.2) is 170 Å². The zero-order valence-corrected chi connectivity index (χ0v) is 65.7. The molecule has 16 nitrogen and oxygen atoms in total. The van der Waals surface area contributed by atoms with Crippen LogP contribution < -0.4 is 0 Å². The Morgan fingerprint density at radius 3 is 0.854 bits per heavy atom. The lowest BCUT2D eigenvalue weighted by Crippen LogP contribution is -2.30. The van der Waals surface area contributed by atoms with Crippen molar-refractivity contribution in [3.63, 3.8) is 0 Å². The van der Waals surface area contributed by atoms with E-state index in [0.29, 0.717) is 25.7 Å². The zero-order chi connectivity index (χ0) is 75.2. The second-order valence-electron chi connectivity index (χ2n) is 25.7. The minimum absolute atomic E-state index is 0.0123. The Labute approximate surface area is 624 Å². The van der Waals surface area contributed by atoms with Gasteiger partial charge >= 0.3 is 33.6 Å². The predicted octanol–water partition coefficient (Wildman–Crippen LogP) is 23.2. The van der Waals surface area contributed by atoms with E-state index in [0.717, 1.165) is 122 Å². The van der Waals surface area contributed by atoms with Crippen molar-refractivity contribution in [1.82, 2.24) is 0 Å². The summed E-state index contributed by atoms with van der Waals surface area (Å²) in [7, 11) is -9.83. The standard InChI is InChI=1S/C85H140O16P2/c1-4-7-10-13-16-19-22-25-28-31-33-34-35-36-37-38-39-40-41-42-43-44-46-49-50-53-56-59-62-65-68-71-83(88)95-74-80(86)75-97-102(91,92)98-76-81(87)77-99-103(93,94)100-79-82(101-85(90)73-70-67-64-61-58-55-52-47-30-27-24-21-18-15-12-9-6-3)78-96-84(89)72-69-66-63-60-57-54-51-48-45-32-29-26-23-20-17-14-11-8-5-2/h8-9,11-12,16-21,25-30,33-34,36-37,45,48,52,54-55,57,61,64,80-82,86-87H,4-7,10,13-15,22-24,31-32,35,38-44,46-47,49-51,53,56,58-60,62-63,65-79H2,1-3H3,(H,91,92)(H,93,94)/b11-8-,12-9-,19-16-,20-17-,21-18-,28-25-,29-26-,30-27-,34-33-,37-36-,48-45-,55-52-,57-54-,64-61-. The maximum atomic E-state index is 12.9. The molecule has 0 rings (SSSR count). The van der Waals surface area contributed by atoms with Crippen LogP contribution >= 0.6 is 15.6 Å². The number of unbranched alkanes of at least 4 members (excludes halogenated alkanes) is 22. The minimum atomic E-state index is -4.96. The van der Waals surface area contributed by atoms with Gasteiger partial charge in [0.15, 0.2) is 6.10 Å². The number of hydrogen-bond donors (Lipinski definition) is 4. The third kappa shape index (κ3) is 77.8. The lowest BCUT2D eigenvalue weighted by atomic mass is 10.0. The van der Waals surface area contributed by atoms with Crippen LogP contribution in [0.5, 0.6) is 0 Å². The number of ether oxygens (including phenoxy) is 3. The van der Waals surface area contributed by atoms with Gasteiger partial charge in [0.25, 0.3) is 0 Å². The number of phosphoric ester groups is 2. The highest BCUT2D eigenvalue weighted by Crippen LogP contribution is 2.45. The second kappa shape index (κ2) is 76.6. The Bertz CT molecular complexity index is 2550. The van der Waals surface area contributed by atoms with Crippen molar-refractivity contribution in [2.24, 2.45) is 0 Å². The molecule has 0 aliphatic heterocycles. The molecule has 5 atom stereocenters. The van der Waals surface area contributed by atoms with Crippen LogP contribution in [0, 0.1) is 0 Å². The first-order chi connectivity index (χ1) is 50.2. The van der Waals surface area contributed by atoms with Gasteiger partial charge in [0.05, 0.1) is 26.4 Å². The Kier molecular flexibility index (Phi) is 72.8. The monoisotopic (exact) mass is 1480 g/mol. The van der Waals surface area contributed by atoms with E-state index in [1.54, 1.807) is 0 Å². The molecular formula is C85H140O16P2. The number of rotatable bonds is 73. The van der Waals surface area contributed by atoms with Crippen molar-refractivity contribution < 1.29 is 75.8 Å². The molecule has 0 aromatic heterocycles. The zero-order valence-electron chi connectivity index (χ0n) is 63.9. The lowest BCUT2D eigenvalue weighted by molar-refractivity contribution is -0.161. The van der Waals surface area contributed by atoms with Crippen molar-refractivity contribution in [2.45, 2.75) is 309 Å². The van der Waals surface area contributed by atoms with Gasteiger partial charge in [-0.1, -0.05) is 294 Å². The van der Waals surface area contributed by atoms with E-state index in [9.17, 15) is 43.5 Å². The van der Waals surface area contributed by atoms with Gasteiger partial charge in [0.1, 0.15) is 25.4 Å². The molecule has 586 valence electrons. The van der Waals surface area contributed by atoms with Gasteiger partial charge in [-0.05, 0) is 148 Å². The van der Waals surface area contributed by atoms with E-state index >= 15 is 0 Å². The SMILES string of the molecule is CC/C=C\C/C=C\C/C=C\C/C=C\C/C=C\CCCCCC(=O)OCC(COP(=O)(O)OCC(O)COP(=O)(O)OCC(O)COC(=O)CCCCCCCCCCCCCCCCC/C=C\C/C=C\C/C=C\C/C=C\CCCCC)OC(=O)CCC/C=C\C/C=C\C/C=C\C/C=C\C/C=C\CC. The van der Waals surface area contributed by atoms with Gasteiger partial charge < -0.3 is 34.2 Å². The number of allylic oxidation sites excluding steroid dienone is 28. The van der Waals surface area contributed by atoms with Crippen LogP contribution in [0.2, 0.25) is 0 Å². The van der Waals surface area contributed by atoms with E-state index in [4.69, 9.17) is 32.3 Å². The fraction of sp³-hybridized carbons (Fsp3) is 0.635. The van der Waals surface area contributed by atoms with Crippen molar-refractivity contribution in [1.29, 1.82) is 0 Å². The molecule has 0 fully saturated rings. The molecule has 0 aliphatic carbocycles. The Morgan fingerprint density at radius 2 is 0.524 bits per heavy atom. The van der Waals surface area contributed by atoms with Gasteiger partial charge in [-0.2, -0.15) is 0 Å². The van der Waals surface area contributed by atoms with Crippen LogP contribution in [-0.4, -0.2) is 95.9 Å². The Hall–Kier alpha value is -5.09. The van der Waals surface area contributed by atoms with Gasteiger partial charge in [0, 0.05) is 19.3 Å². The summed E-state index contributed by atoms with van der Waals surface area (Å²) in [6.45, 7) is 2.30. The Morgan fingerprint density at radius 1 is 0.282 bits per heavy atom. The van der Waals surface area contributed by atoms with Crippen molar-refractivity contribution in [3.8, 4) is 0 Å². The highest BCUT2D eigenvalue weighted by molar-refractivity contribution is 7.47. The fourth-order valence-electron chi connectivity index (χ4n) is 9.97. The van der Waals surface area contributed by atoms with E-state index in [2.05, 4.69) is 179 Å². The molecule has 5 unspecified atom stereocenters. The molecule has 0 aromatic rings. The normalized spacial score (nSPS) is 14.9. The summed E-state index contributed by atoms with van der Waals surface area (Å²) in [6.07, 6.45) is 97.1. The molecule has 4 N–H and O–H groups in total. The average Bonchev–Trinajstić information content (AvgIpc) is 0.917. The number of carbonyl (C=O) groups is 3. The van der Waals surface area contributed by atoms with Crippen LogP contribution in [0.3, 0.4) is 0 Å². The Balaban J connectivity index is 4.58. The molecule has 18 heteroatoms. The van der Waals surface area contributed by atoms with E-state index in [1.807, 2.05) is 12.2 Å². The van der Waals surface area contributed by atoms with E-state index < -0.39 is 91.5 Å². The first-order valence-corrected chi connectivity index (χ1v) is 42.4. The molecule has 0 bridgehead atoms. The van der Waals surface area contributed by atoms with E-state index in [-0.39, 0.29) is 19.3 Å². The summed E-state index contributed by atoms with van der Waals surface area (Å²) in [6, 6.07) is 0. The summed E-state index contributed by atoms with van der Waals surface area (Å²) >= 11 is 0. The number of carbonyl (C=O) groups excluding carboxylic acids is 3. The third-order valence-electron chi connectivity index (χ3n) is 15.9. The molecule has 103 heavy (non-hydrogen) atoms. The lowest BCUT2D eigenvalue weighted by Gasteiger charge is -2.21. The summed E-state index contributed by atoms with van der Waals surface area (Å²) < 4.78 is 61.0. The molecule has 0 aliphatic rings. The number of phosphoric acid groups is 2. The topological polar surface area (TPSA) is 231 Å². The summed E-state index contributed by atoms with van der Waals surface area (Å²) in [5.41, 5.74) is 0. The first kappa shape index (κ1) is 97.9. The quantitative estimate of drug-likeness (QED) is 0.0146. The van der Waals surface area contributed by atoms with Crippen LogP contribution in [0.25, 0.3) is 0 Å². The minimum Gasteiger partial charge on any atom is -0.463 e. The van der Waals surface area contributed by atoms with Crippen molar-refractivity contribution in [3.05, 3.63) is 170 Å². The predicted molar refractivity (Wildman–Crippen MR) is 426 cm³/mol. The van der Waals surface area contributed by atoms with E-state index in [1.165, 1.54) is 103 Å². The second-order valence-corrected chi connectivity index (χ2v) is 28.7. The highest BCUT2D eigenvalue weighted by Gasteiger charge is 2.29. The van der Waals surface area contributed by atoms with Crippen LogP contribution in [0.4, 0.5) is 0 Å². The first-order valence-electron chi connectivity index (χ1n) is 39.4. The van der Waals surface area contributed by atoms with Crippen LogP contribution in [-0.2, 0) is 55.8 Å². The molecule has 0 radical (unpaired) electrons. The molecule has 0 saturated heterocycles. The summed E-state index contributed by atoms with van der Waals surface area (Å²) in [5.74, 6) is -1.69. The van der Waals surface area contributed by atoms with Crippen LogP contribution in [0.1, 0.15) is 290 Å². The fourth-order valence-corrected chi connectivity index (χ4v) is 11.6. The molecule has 0 saturated carbocycles. The largest absolute Gasteiger partial charge is 0.472 e. The molecule has 0 spiro atoms. The average molecular weight is 1480 g/mol. The summed E-state index contributed by atoms with van der Waals surface area (Å²) in [4.78, 5) is 58.6. The van der Waals surface area contributed by atoms with Gasteiger partial charge in [0.2, 0.25) is 0 Å². The van der Waals surface area contributed by atoms with Crippen molar-refractivity contribution in [2.75, 3.05) is 39.6 Å².